The van der Waals surface area contributed by atoms with E-state index in [1.807, 2.05) is 50.2 Å². The fraction of sp³-hybridized carbons (Fsp3) is 0.409. The Morgan fingerprint density at radius 2 is 1.81 bits per heavy atom. The summed E-state index contributed by atoms with van der Waals surface area (Å²) in [7, 11) is 0. The van der Waals surface area contributed by atoms with Gasteiger partial charge in [-0.05, 0) is 62.7 Å². The topological polar surface area (TPSA) is 47.6 Å². The summed E-state index contributed by atoms with van der Waals surface area (Å²) in [6.45, 7) is 6.75. The Morgan fingerprint density at radius 3 is 2.48 bits per heavy atom. The van der Waals surface area contributed by atoms with Crippen LogP contribution in [0.3, 0.4) is 0 Å². The molecule has 0 aliphatic heterocycles. The summed E-state index contributed by atoms with van der Waals surface area (Å²) < 4.78 is 12.3. The molecule has 0 heterocycles. The van der Waals surface area contributed by atoms with E-state index < -0.39 is 0 Å². The second-order valence-corrected chi connectivity index (χ2v) is 7.61. The lowest BCUT2D eigenvalue weighted by atomic mass is 10.1. The summed E-state index contributed by atoms with van der Waals surface area (Å²) in [4.78, 5) is 12.7. The van der Waals surface area contributed by atoms with E-state index in [0.29, 0.717) is 23.6 Å². The van der Waals surface area contributed by atoms with Crippen LogP contribution in [0, 0.1) is 0 Å². The standard InChI is InChI=1S/C22H28BrNO3/c1-4-5-6-7-14-26-21-13-8-17(23)15-20(21)22(25)24-18-9-11-19(12-10-18)27-16(2)3/h8-13,15-16H,4-7,14H2,1-3H3,(H,24,25). The first-order valence-corrected chi connectivity index (χ1v) is 10.3. The number of benzene rings is 2. The molecule has 2 aromatic carbocycles. The van der Waals surface area contributed by atoms with Crippen molar-refractivity contribution in [1.29, 1.82) is 0 Å². The molecule has 27 heavy (non-hydrogen) atoms. The third kappa shape index (κ3) is 7.25. The van der Waals surface area contributed by atoms with Crippen LogP contribution in [-0.4, -0.2) is 18.6 Å². The molecule has 0 fully saturated rings. The average Bonchev–Trinajstić information content (AvgIpc) is 2.63. The number of hydrogen-bond donors (Lipinski definition) is 1. The highest BCUT2D eigenvalue weighted by Crippen LogP contribution is 2.25. The normalized spacial score (nSPS) is 10.7. The molecule has 146 valence electrons. The smallest absolute Gasteiger partial charge is 0.259 e. The van der Waals surface area contributed by atoms with Crippen LogP contribution >= 0.6 is 15.9 Å². The Bertz CT molecular complexity index is 729. The summed E-state index contributed by atoms with van der Waals surface area (Å²) in [5, 5.41) is 2.92. The lowest BCUT2D eigenvalue weighted by Crippen LogP contribution is -2.14. The molecule has 0 spiro atoms. The third-order valence-corrected chi connectivity index (χ3v) is 4.42. The largest absolute Gasteiger partial charge is 0.493 e. The van der Waals surface area contributed by atoms with Crippen LogP contribution in [0.2, 0.25) is 0 Å². The van der Waals surface area contributed by atoms with Gasteiger partial charge in [-0.25, -0.2) is 0 Å². The maximum Gasteiger partial charge on any atom is 0.259 e. The fourth-order valence-electron chi connectivity index (χ4n) is 2.60. The van der Waals surface area contributed by atoms with E-state index in [2.05, 4.69) is 28.2 Å². The van der Waals surface area contributed by atoms with Crippen molar-refractivity contribution in [3.05, 3.63) is 52.5 Å². The Morgan fingerprint density at radius 1 is 1.07 bits per heavy atom. The minimum atomic E-state index is -0.197. The summed E-state index contributed by atoms with van der Waals surface area (Å²) in [6, 6.07) is 12.9. The van der Waals surface area contributed by atoms with Crippen LogP contribution < -0.4 is 14.8 Å². The molecule has 2 aromatic rings. The molecule has 0 unspecified atom stereocenters. The molecule has 0 saturated heterocycles. The van der Waals surface area contributed by atoms with E-state index in [4.69, 9.17) is 9.47 Å². The molecule has 0 atom stereocenters. The molecule has 0 radical (unpaired) electrons. The molecule has 0 saturated carbocycles. The van der Waals surface area contributed by atoms with E-state index >= 15 is 0 Å². The van der Waals surface area contributed by atoms with Crippen LogP contribution in [0.4, 0.5) is 5.69 Å². The fourth-order valence-corrected chi connectivity index (χ4v) is 2.96. The number of ether oxygens (including phenoxy) is 2. The predicted octanol–water partition coefficient (Wildman–Crippen LogP) is 6.45. The Balaban J connectivity index is 2.02. The molecule has 0 aliphatic rings. The number of nitrogens with one attached hydrogen (secondary N) is 1. The number of unbranched alkanes of at least 4 members (excludes halogenated alkanes) is 3. The summed E-state index contributed by atoms with van der Waals surface area (Å²) >= 11 is 3.43. The minimum Gasteiger partial charge on any atom is -0.493 e. The summed E-state index contributed by atoms with van der Waals surface area (Å²) in [5.41, 5.74) is 1.23. The first-order valence-electron chi connectivity index (χ1n) is 9.50. The molecule has 1 amide bonds. The van der Waals surface area contributed by atoms with Gasteiger partial charge in [0.1, 0.15) is 11.5 Å². The van der Waals surface area contributed by atoms with Crippen molar-refractivity contribution >= 4 is 27.5 Å². The van der Waals surface area contributed by atoms with Gasteiger partial charge in [0, 0.05) is 10.2 Å². The van der Waals surface area contributed by atoms with Crippen molar-refractivity contribution in [3.63, 3.8) is 0 Å². The van der Waals surface area contributed by atoms with Gasteiger partial charge in [-0.1, -0.05) is 42.1 Å². The lowest BCUT2D eigenvalue weighted by Gasteiger charge is -2.13. The van der Waals surface area contributed by atoms with E-state index in [1.165, 1.54) is 12.8 Å². The van der Waals surface area contributed by atoms with E-state index in [0.717, 1.165) is 23.1 Å². The zero-order chi connectivity index (χ0) is 19.6. The highest BCUT2D eigenvalue weighted by Gasteiger charge is 2.14. The van der Waals surface area contributed by atoms with Gasteiger partial charge in [-0.2, -0.15) is 0 Å². The SMILES string of the molecule is CCCCCCOc1ccc(Br)cc1C(=O)Nc1ccc(OC(C)C)cc1. The van der Waals surface area contributed by atoms with Crippen molar-refractivity contribution in [2.75, 3.05) is 11.9 Å². The summed E-state index contributed by atoms with van der Waals surface area (Å²) in [5.74, 6) is 1.19. The van der Waals surface area contributed by atoms with Gasteiger partial charge in [-0.3, -0.25) is 4.79 Å². The van der Waals surface area contributed by atoms with E-state index in [1.54, 1.807) is 6.07 Å². The van der Waals surface area contributed by atoms with Gasteiger partial charge in [0.05, 0.1) is 18.3 Å². The molecular formula is C22H28BrNO3. The Hall–Kier alpha value is -2.01. The zero-order valence-electron chi connectivity index (χ0n) is 16.3. The maximum absolute atomic E-state index is 12.7. The number of carbonyl (C=O) groups is 1. The number of rotatable bonds is 10. The average molecular weight is 434 g/mol. The molecule has 0 aromatic heterocycles. The molecule has 1 N–H and O–H groups in total. The second kappa shape index (κ2) is 11.0. The molecule has 2 rings (SSSR count). The van der Waals surface area contributed by atoms with E-state index in [9.17, 15) is 4.79 Å². The van der Waals surface area contributed by atoms with Gasteiger partial charge < -0.3 is 14.8 Å². The lowest BCUT2D eigenvalue weighted by molar-refractivity contribution is 0.102. The first-order chi connectivity index (χ1) is 13.0. The number of amides is 1. The van der Waals surface area contributed by atoms with Crippen molar-refractivity contribution in [2.24, 2.45) is 0 Å². The third-order valence-electron chi connectivity index (χ3n) is 3.93. The van der Waals surface area contributed by atoms with Crippen LogP contribution in [0.5, 0.6) is 11.5 Å². The molecule has 5 heteroatoms. The maximum atomic E-state index is 12.7. The number of hydrogen-bond acceptors (Lipinski definition) is 3. The Kier molecular flexibility index (Phi) is 8.65. The number of anilines is 1. The minimum absolute atomic E-state index is 0.115. The number of carbonyl (C=O) groups excluding carboxylic acids is 1. The van der Waals surface area contributed by atoms with Crippen LogP contribution in [0.25, 0.3) is 0 Å². The first kappa shape index (κ1) is 21.3. The van der Waals surface area contributed by atoms with Crippen molar-refractivity contribution in [2.45, 2.75) is 52.6 Å². The van der Waals surface area contributed by atoms with Crippen LogP contribution in [-0.2, 0) is 0 Å². The molecule has 0 bridgehead atoms. The van der Waals surface area contributed by atoms with Crippen molar-refractivity contribution < 1.29 is 14.3 Å². The van der Waals surface area contributed by atoms with Crippen LogP contribution in [0.15, 0.2) is 46.9 Å². The van der Waals surface area contributed by atoms with Crippen molar-refractivity contribution in [3.8, 4) is 11.5 Å². The second-order valence-electron chi connectivity index (χ2n) is 6.69. The van der Waals surface area contributed by atoms with Gasteiger partial charge in [0.2, 0.25) is 0 Å². The van der Waals surface area contributed by atoms with E-state index in [-0.39, 0.29) is 12.0 Å². The molecule has 4 nitrogen and oxygen atoms in total. The predicted molar refractivity (Wildman–Crippen MR) is 114 cm³/mol. The van der Waals surface area contributed by atoms with Gasteiger partial charge >= 0.3 is 0 Å². The van der Waals surface area contributed by atoms with Gasteiger partial charge in [0.25, 0.3) is 5.91 Å². The van der Waals surface area contributed by atoms with Gasteiger partial charge in [0.15, 0.2) is 0 Å². The molecular weight excluding hydrogens is 406 g/mol. The number of halogens is 1. The highest BCUT2D eigenvalue weighted by atomic mass is 79.9. The van der Waals surface area contributed by atoms with Gasteiger partial charge in [-0.15, -0.1) is 0 Å². The Labute approximate surface area is 170 Å². The zero-order valence-corrected chi connectivity index (χ0v) is 17.8. The summed E-state index contributed by atoms with van der Waals surface area (Å²) in [6.07, 6.45) is 4.63. The highest BCUT2D eigenvalue weighted by molar-refractivity contribution is 9.10. The van der Waals surface area contributed by atoms with Crippen molar-refractivity contribution in [1.82, 2.24) is 0 Å². The monoisotopic (exact) mass is 433 g/mol. The molecule has 0 aliphatic carbocycles. The quantitative estimate of drug-likeness (QED) is 0.438. The van der Waals surface area contributed by atoms with Crippen LogP contribution in [0.1, 0.15) is 56.8 Å².